The van der Waals surface area contributed by atoms with Crippen molar-refractivity contribution >= 4 is 22.4 Å². The first-order chi connectivity index (χ1) is 18.3. The summed E-state index contributed by atoms with van der Waals surface area (Å²) in [4.78, 5) is 35.8. The van der Waals surface area contributed by atoms with Gasteiger partial charge >= 0.3 is 0 Å². The van der Waals surface area contributed by atoms with E-state index in [9.17, 15) is 14.0 Å². The zero-order chi connectivity index (χ0) is 26.7. The molecule has 0 aliphatic carbocycles. The van der Waals surface area contributed by atoms with E-state index >= 15 is 0 Å². The topological polar surface area (TPSA) is 73.6 Å². The number of unbranched alkanes of at least 4 members (excludes halogenated alkanes) is 1. The van der Waals surface area contributed by atoms with Crippen molar-refractivity contribution in [3.8, 4) is 5.69 Å². The number of hydrogen-bond donors (Lipinski definition) is 0. The van der Waals surface area contributed by atoms with Crippen LogP contribution in [-0.4, -0.2) is 26.6 Å². The van der Waals surface area contributed by atoms with Crippen LogP contribution >= 0.6 is 0 Å². The maximum Gasteiger partial charge on any atom is 0.265 e. The molecule has 194 valence electrons. The zero-order valence-electron chi connectivity index (χ0n) is 21.6. The Morgan fingerprint density at radius 2 is 1.82 bits per heavy atom. The molecule has 1 aromatic heterocycles. The third kappa shape index (κ3) is 5.57. The van der Waals surface area contributed by atoms with Gasteiger partial charge in [-0.3, -0.25) is 9.36 Å². The maximum absolute atomic E-state index is 13.6. The average Bonchev–Trinajstić information content (AvgIpc) is 3.29. The fourth-order valence-corrected chi connectivity index (χ4v) is 4.95. The monoisotopic (exact) mass is 511 g/mol. The van der Waals surface area contributed by atoms with Gasteiger partial charge in [-0.1, -0.05) is 41.6 Å². The molecule has 0 saturated carbocycles. The van der Waals surface area contributed by atoms with Gasteiger partial charge in [-0.15, -0.1) is 0 Å². The summed E-state index contributed by atoms with van der Waals surface area (Å²) in [6.07, 6.45) is 3.79. The molecule has 0 radical (unpaired) electrons. The molecule has 1 aliphatic heterocycles. The summed E-state index contributed by atoms with van der Waals surface area (Å²) in [6, 6.07) is 21.5. The summed E-state index contributed by atoms with van der Waals surface area (Å²) in [5.41, 5.74) is 3.33. The maximum atomic E-state index is 13.6. The van der Waals surface area contributed by atoms with Gasteiger partial charge in [0.05, 0.1) is 22.3 Å². The number of Topliss-reactive ketones (excluding diaryl/α,β-unsaturated/α-hetero) is 1. The van der Waals surface area contributed by atoms with Gasteiger partial charge in [0.2, 0.25) is 0 Å². The molecular weight excluding hydrogens is 481 g/mol. The van der Waals surface area contributed by atoms with E-state index in [0.29, 0.717) is 54.5 Å². The van der Waals surface area contributed by atoms with Gasteiger partial charge in [-0.25, -0.2) is 9.37 Å². The second kappa shape index (κ2) is 10.7. The van der Waals surface area contributed by atoms with Crippen molar-refractivity contribution in [2.45, 2.75) is 58.0 Å². The van der Waals surface area contributed by atoms with Crippen molar-refractivity contribution in [2.24, 2.45) is 5.16 Å². The van der Waals surface area contributed by atoms with Crippen LogP contribution in [0.2, 0.25) is 0 Å². The van der Waals surface area contributed by atoms with Gasteiger partial charge in [0.15, 0.2) is 0 Å². The van der Waals surface area contributed by atoms with Crippen LogP contribution in [0.5, 0.6) is 0 Å². The number of aromatic nitrogens is 2. The minimum absolute atomic E-state index is 0.135. The SMILES string of the molecule is CC(=O)CCCCc1nc2cc(C3=NO[C@](C)(Cc4ccccc4)C3)ccc2c(=O)n1-c1ccc(F)cc1. The van der Waals surface area contributed by atoms with Crippen LogP contribution in [0.25, 0.3) is 16.6 Å². The Bertz CT molecular complexity index is 1560. The lowest BCUT2D eigenvalue weighted by atomic mass is 9.89. The molecule has 0 amide bonds. The molecule has 0 saturated heterocycles. The number of benzene rings is 3. The first kappa shape index (κ1) is 25.5. The number of carbonyl (C=O) groups is 1. The smallest absolute Gasteiger partial charge is 0.265 e. The van der Waals surface area contributed by atoms with Crippen LogP contribution in [0.4, 0.5) is 4.39 Å². The second-order valence-electron chi connectivity index (χ2n) is 10.2. The summed E-state index contributed by atoms with van der Waals surface area (Å²) in [5.74, 6) is 0.339. The van der Waals surface area contributed by atoms with E-state index < -0.39 is 5.60 Å². The van der Waals surface area contributed by atoms with Crippen LogP contribution in [-0.2, 0) is 22.5 Å². The number of carbonyl (C=O) groups excluding carboxylic acids is 1. The molecule has 0 N–H and O–H groups in total. The van der Waals surface area contributed by atoms with E-state index in [1.807, 2.05) is 30.3 Å². The third-order valence-electron chi connectivity index (χ3n) is 6.87. The molecule has 3 aromatic carbocycles. The third-order valence-corrected chi connectivity index (χ3v) is 6.87. The summed E-state index contributed by atoms with van der Waals surface area (Å²) in [5, 5.41) is 4.87. The largest absolute Gasteiger partial charge is 0.388 e. The molecule has 6 nitrogen and oxygen atoms in total. The number of halogens is 1. The Hall–Kier alpha value is -4.13. The molecule has 5 rings (SSSR count). The van der Waals surface area contributed by atoms with E-state index in [2.05, 4.69) is 24.2 Å². The highest BCUT2D eigenvalue weighted by Gasteiger charge is 2.35. The lowest BCUT2D eigenvalue weighted by Gasteiger charge is -2.21. The van der Waals surface area contributed by atoms with Crippen molar-refractivity contribution in [2.75, 3.05) is 0 Å². The highest BCUT2D eigenvalue weighted by molar-refractivity contribution is 6.03. The molecule has 0 unspecified atom stereocenters. The number of nitrogens with zero attached hydrogens (tertiary/aromatic N) is 3. The number of ketones is 1. The molecule has 0 spiro atoms. The fraction of sp³-hybridized carbons (Fsp3) is 0.290. The second-order valence-corrected chi connectivity index (χ2v) is 10.2. The molecular formula is C31H30FN3O3. The lowest BCUT2D eigenvalue weighted by Crippen LogP contribution is -2.28. The molecule has 2 heterocycles. The first-order valence-corrected chi connectivity index (χ1v) is 12.9. The summed E-state index contributed by atoms with van der Waals surface area (Å²) < 4.78 is 15.1. The molecule has 38 heavy (non-hydrogen) atoms. The minimum atomic E-state index is -0.451. The van der Waals surface area contributed by atoms with E-state index in [-0.39, 0.29) is 17.2 Å². The van der Waals surface area contributed by atoms with Crippen LogP contribution < -0.4 is 5.56 Å². The van der Waals surface area contributed by atoms with Crippen LogP contribution in [0.3, 0.4) is 0 Å². The summed E-state index contributed by atoms with van der Waals surface area (Å²) >= 11 is 0. The Labute approximate surface area is 220 Å². The van der Waals surface area contributed by atoms with Gasteiger partial charge in [0.25, 0.3) is 5.56 Å². The number of rotatable bonds is 9. The highest BCUT2D eigenvalue weighted by atomic mass is 19.1. The summed E-state index contributed by atoms with van der Waals surface area (Å²) in [7, 11) is 0. The van der Waals surface area contributed by atoms with Crippen molar-refractivity contribution in [1.29, 1.82) is 0 Å². The average molecular weight is 512 g/mol. The molecule has 1 aliphatic rings. The Kier molecular flexibility index (Phi) is 7.18. The zero-order valence-corrected chi connectivity index (χ0v) is 21.6. The number of aryl methyl sites for hydroxylation is 1. The molecule has 4 aromatic rings. The van der Waals surface area contributed by atoms with Crippen molar-refractivity contribution < 1.29 is 14.0 Å². The normalized spacial score (nSPS) is 16.9. The number of fused-ring (bicyclic) bond motifs is 1. The standard InChI is InChI=1S/C31H30FN3O3/c1-21(36)8-6-7-11-29-33-27-18-23(28-20-31(2,38-34-28)19-22-9-4-3-5-10-22)12-17-26(27)30(37)35(29)25-15-13-24(32)14-16-25/h3-5,9-10,12-18H,6-8,11,19-20H2,1-2H3/t31-/m1/s1. The first-order valence-electron chi connectivity index (χ1n) is 12.9. The van der Waals surface area contributed by atoms with E-state index in [0.717, 1.165) is 17.7 Å². The van der Waals surface area contributed by atoms with Gasteiger partial charge in [-0.05, 0) is 68.7 Å². The van der Waals surface area contributed by atoms with Gasteiger partial charge in [0.1, 0.15) is 23.0 Å². The van der Waals surface area contributed by atoms with E-state index in [1.54, 1.807) is 29.7 Å². The van der Waals surface area contributed by atoms with Crippen LogP contribution in [0.15, 0.2) is 82.7 Å². The van der Waals surface area contributed by atoms with Crippen molar-refractivity contribution in [3.63, 3.8) is 0 Å². The minimum Gasteiger partial charge on any atom is -0.388 e. The number of oxime groups is 1. The fourth-order valence-electron chi connectivity index (χ4n) is 4.95. The van der Waals surface area contributed by atoms with E-state index in [4.69, 9.17) is 9.82 Å². The lowest BCUT2D eigenvalue weighted by molar-refractivity contribution is -0.117. The predicted molar refractivity (Wildman–Crippen MR) is 146 cm³/mol. The quantitative estimate of drug-likeness (QED) is 0.260. The van der Waals surface area contributed by atoms with Crippen molar-refractivity contribution in [3.05, 3.63) is 106 Å². The Balaban J connectivity index is 1.47. The van der Waals surface area contributed by atoms with Crippen molar-refractivity contribution in [1.82, 2.24) is 9.55 Å². The molecule has 1 atom stereocenters. The van der Waals surface area contributed by atoms with Gasteiger partial charge < -0.3 is 9.63 Å². The number of hydrogen-bond acceptors (Lipinski definition) is 5. The molecule has 0 fully saturated rings. The summed E-state index contributed by atoms with van der Waals surface area (Å²) in [6.45, 7) is 3.63. The predicted octanol–water partition coefficient (Wildman–Crippen LogP) is 5.95. The Morgan fingerprint density at radius 3 is 2.55 bits per heavy atom. The van der Waals surface area contributed by atoms with Gasteiger partial charge in [0, 0.05) is 31.2 Å². The van der Waals surface area contributed by atoms with Crippen LogP contribution in [0, 0.1) is 5.82 Å². The molecule has 0 bridgehead atoms. The van der Waals surface area contributed by atoms with E-state index in [1.165, 1.54) is 17.7 Å². The van der Waals surface area contributed by atoms with Gasteiger partial charge in [-0.2, -0.15) is 0 Å². The molecule has 7 heteroatoms. The Morgan fingerprint density at radius 1 is 1.05 bits per heavy atom. The highest BCUT2D eigenvalue weighted by Crippen LogP contribution is 2.30. The van der Waals surface area contributed by atoms with Crippen LogP contribution in [0.1, 0.15) is 56.5 Å².